The Kier molecular flexibility index (Phi) is 4.10. The molecule has 1 saturated heterocycles. The fourth-order valence-electron chi connectivity index (χ4n) is 3.15. The van der Waals surface area contributed by atoms with Crippen molar-refractivity contribution in [2.24, 2.45) is 11.7 Å². The summed E-state index contributed by atoms with van der Waals surface area (Å²) in [4.78, 5) is 26.7. The summed E-state index contributed by atoms with van der Waals surface area (Å²) in [6.07, 6.45) is 1.48. The molecule has 0 spiro atoms. The SMILES string of the molecule is Cc1c(C(=O)N2C[C@@H](C(N)=O)CC[C@H]2C)sc2ccc(F)cc12. The maximum absolute atomic E-state index is 13.4. The van der Waals surface area contributed by atoms with Crippen LogP contribution in [0.25, 0.3) is 10.1 Å². The van der Waals surface area contributed by atoms with Gasteiger partial charge in [0.05, 0.1) is 10.8 Å². The second kappa shape index (κ2) is 5.92. The van der Waals surface area contributed by atoms with Crippen LogP contribution in [0.5, 0.6) is 0 Å². The lowest BCUT2D eigenvalue weighted by molar-refractivity contribution is -0.123. The number of thiophene rings is 1. The number of benzene rings is 1. The third-order valence-electron chi connectivity index (χ3n) is 4.64. The maximum atomic E-state index is 13.4. The Morgan fingerprint density at radius 3 is 2.78 bits per heavy atom. The number of halogens is 1. The Morgan fingerprint density at radius 1 is 1.35 bits per heavy atom. The molecule has 6 heteroatoms. The van der Waals surface area contributed by atoms with Crippen LogP contribution in [0.1, 0.15) is 35.0 Å². The maximum Gasteiger partial charge on any atom is 0.264 e. The number of nitrogens with two attached hydrogens (primary N) is 1. The lowest BCUT2D eigenvalue weighted by Crippen LogP contribution is -2.48. The molecule has 122 valence electrons. The second-order valence-corrected chi connectivity index (χ2v) is 7.23. The van der Waals surface area contributed by atoms with Crippen molar-refractivity contribution >= 4 is 33.2 Å². The molecule has 1 fully saturated rings. The van der Waals surface area contributed by atoms with Crippen molar-refractivity contribution < 1.29 is 14.0 Å². The van der Waals surface area contributed by atoms with Crippen LogP contribution in [0.3, 0.4) is 0 Å². The van der Waals surface area contributed by atoms with Gasteiger partial charge in [0.15, 0.2) is 0 Å². The van der Waals surface area contributed by atoms with Gasteiger partial charge < -0.3 is 10.6 Å². The van der Waals surface area contributed by atoms with Gasteiger partial charge in [-0.1, -0.05) is 0 Å². The van der Waals surface area contributed by atoms with E-state index in [1.807, 2.05) is 13.8 Å². The molecule has 3 rings (SSSR count). The minimum Gasteiger partial charge on any atom is -0.369 e. The number of piperidine rings is 1. The fourth-order valence-corrected chi connectivity index (χ4v) is 4.30. The molecule has 1 aliphatic rings. The largest absolute Gasteiger partial charge is 0.369 e. The Bertz CT molecular complexity index is 786. The molecule has 0 saturated carbocycles. The van der Waals surface area contributed by atoms with E-state index in [-0.39, 0.29) is 29.6 Å². The molecule has 2 atom stereocenters. The molecule has 0 aliphatic carbocycles. The highest BCUT2D eigenvalue weighted by Gasteiger charge is 2.33. The monoisotopic (exact) mass is 334 g/mol. The number of rotatable bonds is 2. The highest BCUT2D eigenvalue weighted by Crippen LogP contribution is 2.34. The van der Waals surface area contributed by atoms with E-state index < -0.39 is 0 Å². The first-order valence-corrected chi connectivity index (χ1v) is 8.49. The lowest BCUT2D eigenvalue weighted by Gasteiger charge is -2.36. The van der Waals surface area contributed by atoms with E-state index in [9.17, 15) is 14.0 Å². The normalized spacial score (nSPS) is 21.6. The summed E-state index contributed by atoms with van der Waals surface area (Å²) < 4.78 is 14.3. The predicted molar refractivity (Wildman–Crippen MR) is 88.9 cm³/mol. The van der Waals surface area contributed by atoms with Crippen LogP contribution in [0.2, 0.25) is 0 Å². The molecule has 1 aromatic carbocycles. The van der Waals surface area contributed by atoms with Gasteiger partial charge in [-0.15, -0.1) is 11.3 Å². The Labute approximate surface area is 138 Å². The van der Waals surface area contributed by atoms with Crippen LogP contribution >= 0.6 is 11.3 Å². The van der Waals surface area contributed by atoms with Gasteiger partial charge in [0, 0.05) is 17.3 Å². The Hall–Kier alpha value is -1.95. The molecule has 2 N–H and O–H groups in total. The molecule has 2 heterocycles. The first kappa shape index (κ1) is 15.9. The van der Waals surface area contributed by atoms with Gasteiger partial charge in [0.1, 0.15) is 5.82 Å². The zero-order valence-electron chi connectivity index (χ0n) is 13.1. The fraction of sp³-hybridized carbons (Fsp3) is 0.412. The quantitative estimate of drug-likeness (QED) is 0.917. The van der Waals surface area contributed by atoms with E-state index in [0.717, 1.165) is 28.5 Å². The minimum atomic E-state index is -0.357. The van der Waals surface area contributed by atoms with Crippen LogP contribution in [0, 0.1) is 18.7 Å². The van der Waals surface area contributed by atoms with E-state index in [1.54, 1.807) is 11.0 Å². The van der Waals surface area contributed by atoms with Crippen molar-refractivity contribution in [2.75, 3.05) is 6.54 Å². The molecule has 0 unspecified atom stereocenters. The van der Waals surface area contributed by atoms with Gasteiger partial charge in [0.2, 0.25) is 5.91 Å². The van der Waals surface area contributed by atoms with E-state index in [1.165, 1.54) is 23.5 Å². The number of amides is 2. The van der Waals surface area contributed by atoms with Crippen LogP contribution in [0.15, 0.2) is 18.2 Å². The van der Waals surface area contributed by atoms with Crippen molar-refractivity contribution in [3.05, 3.63) is 34.5 Å². The van der Waals surface area contributed by atoms with Crippen LogP contribution < -0.4 is 5.73 Å². The van der Waals surface area contributed by atoms with Crippen molar-refractivity contribution in [1.29, 1.82) is 0 Å². The van der Waals surface area contributed by atoms with E-state index in [4.69, 9.17) is 5.73 Å². The number of hydrogen-bond donors (Lipinski definition) is 1. The first-order valence-electron chi connectivity index (χ1n) is 7.67. The summed E-state index contributed by atoms with van der Waals surface area (Å²) in [7, 11) is 0. The average Bonchev–Trinajstić information content (AvgIpc) is 2.83. The van der Waals surface area contributed by atoms with Crippen LogP contribution in [-0.4, -0.2) is 29.3 Å². The molecule has 23 heavy (non-hydrogen) atoms. The standard InChI is InChI=1S/C17H19FN2O2S/c1-9-3-4-11(16(19)21)8-20(9)17(22)15-10(2)13-7-12(18)5-6-14(13)23-15/h5-7,9,11H,3-4,8H2,1-2H3,(H2,19,21)/t9-,11+/m1/s1. The minimum absolute atomic E-state index is 0.0689. The topological polar surface area (TPSA) is 63.4 Å². The molecule has 2 amide bonds. The van der Waals surface area contributed by atoms with Gasteiger partial charge in [-0.05, 0) is 55.8 Å². The third kappa shape index (κ3) is 2.83. The number of carbonyl (C=O) groups excluding carboxylic acids is 2. The molecular formula is C17H19FN2O2S. The van der Waals surface area contributed by atoms with Crippen molar-refractivity contribution in [1.82, 2.24) is 4.90 Å². The van der Waals surface area contributed by atoms with E-state index in [0.29, 0.717) is 11.4 Å². The number of aryl methyl sites for hydroxylation is 1. The van der Waals surface area contributed by atoms with Gasteiger partial charge >= 0.3 is 0 Å². The molecule has 1 aliphatic heterocycles. The zero-order chi connectivity index (χ0) is 16.7. The third-order valence-corrected chi connectivity index (χ3v) is 5.90. The number of likely N-dealkylation sites (tertiary alicyclic amines) is 1. The number of carbonyl (C=O) groups is 2. The van der Waals surface area contributed by atoms with Gasteiger partial charge in [-0.25, -0.2) is 4.39 Å². The Balaban J connectivity index is 1.96. The predicted octanol–water partition coefficient (Wildman–Crippen LogP) is 3.07. The molecule has 4 nitrogen and oxygen atoms in total. The number of primary amides is 1. The summed E-state index contributed by atoms with van der Waals surface area (Å²) in [5, 5.41) is 0.773. The van der Waals surface area contributed by atoms with Gasteiger partial charge in [-0.3, -0.25) is 9.59 Å². The van der Waals surface area contributed by atoms with Gasteiger partial charge in [-0.2, -0.15) is 0 Å². The van der Waals surface area contributed by atoms with Crippen molar-refractivity contribution in [2.45, 2.75) is 32.7 Å². The molecular weight excluding hydrogens is 315 g/mol. The van der Waals surface area contributed by atoms with Crippen molar-refractivity contribution in [3.8, 4) is 0 Å². The highest BCUT2D eigenvalue weighted by atomic mass is 32.1. The second-order valence-electron chi connectivity index (χ2n) is 6.18. The van der Waals surface area contributed by atoms with Crippen LogP contribution in [-0.2, 0) is 4.79 Å². The zero-order valence-corrected chi connectivity index (χ0v) is 14.0. The van der Waals surface area contributed by atoms with Gasteiger partial charge in [0.25, 0.3) is 5.91 Å². The summed E-state index contributed by atoms with van der Waals surface area (Å²) in [5.41, 5.74) is 6.20. The van der Waals surface area contributed by atoms with E-state index >= 15 is 0 Å². The summed E-state index contributed by atoms with van der Waals surface area (Å²) >= 11 is 1.37. The number of fused-ring (bicyclic) bond motifs is 1. The molecule has 0 bridgehead atoms. The lowest BCUT2D eigenvalue weighted by atomic mass is 9.92. The number of nitrogens with zero attached hydrogens (tertiary/aromatic N) is 1. The summed E-state index contributed by atoms with van der Waals surface area (Å²) in [6.45, 7) is 4.18. The number of hydrogen-bond acceptors (Lipinski definition) is 3. The molecule has 1 aromatic heterocycles. The van der Waals surface area contributed by atoms with Crippen LogP contribution in [0.4, 0.5) is 4.39 Å². The van der Waals surface area contributed by atoms with E-state index in [2.05, 4.69) is 0 Å². The summed E-state index contributed by atoms with van der Waals surface area (Å²) in [6, 6.07) is 4.63. The molecule has 0 radical (unpaired) electrons. The summed E-state index contributed by atoms with van der Waals surface area (Å²) in [5.74, 6) is -1.05. The molecule has 2 aromatic rings. The smallest absolute Gasteiger partial charge is 0.264 e. The van der Waals surface area contributed by atoms with Crippen molar-refractivity contribution in [3.63, 3.8) is 0 Å². The average molecular weight is 334 g/mol. The first-order chi connectivity index (χ1) is 10.9. The Morgan fingerprint density at radius 2 is 2.09 bits per heavy atom. The highest BCUT2D eigenvalue weighted by molar-refractivity contribution is 7.21.